The van der Waals surface area contributed by atoms with Crippen molar-refractivity contribution in [3.63, 3.8) is 0 Å². The van der Waals surface area contributed by atoms with Crippen LogP contribution in [0.25, 0.3) is 0 Å². The second kappa shape index (κ2) is 4.50. The van der Waals surface area contributed by atoms with Crippen molar-refractivity contribution in [3.8, 4) is 0 Å². The van der Waals surface area contributed by atoms with Gasteiger partial charge in [-0.2, -0.15) is 0 Å². The highest BCUT2D eigenvalue weighted by atomic mass is 16.6. The largest absolute Gasteiger partial charge is 0.444 e. The third-order valence-electron chi connectivity index (χ3n) is 1.82. The molecule has 0 atom stereocenters. The molecule has 0 aromatic heterocycles. The molecule has 1 fully saturated rings. The highest BCUT2D eigenvalue weighted by Gasteiger charge is 2.30. The van der Waals surface area contributed by atoms with Crippen LogP contribution in [0.15, 0.2) is 12.7 Å². The summed E-state index contributed by atoms with van der Waals surface area (Å²) in [6.07, 6.45) is 1.61. The van der Waals surface area contributed by atoms with E-state index < -0.39 is 12.1 Å². The molecule has 0 saturated carbocycles. The highest BCUT2D eigenvalue weighted by molar-refractivity contribution is 5.77. The number of carbonyl (C=O) groups excluding carboxylic acids is 2. The monoisotopic (exact) mass is 199 g/mol. The summed E-state index contributed by atoms with van der Waals surface area (Å²) >= 11 is 0. The zero-order valence-electron chi connectivity index (χ0n) is 7.81. The molecule has 6 nitrogen and oxygen atoms in total. The number of hydrogen-bond acceptors (Lipinski definition) is 3. The lowest BCUT2D eigenvalue weighted by Crippen LogP contribution is -2.47. The lowest BCUT2D eigenvalue weighted by molar-refractivity contribution is 0.0434. The zero-order valence-corrected chi connectivity index (χ0v) is 7.81. The van der Waals surface area contributed by atoms with Gasteiger partial charge in [-0.3, -0.25) is 0 Å². The number of urea groups is 1. The minimum Gasteiger partial charge on any atom is -0.444 e. The lowest BCUT2D eigenvalue weighted by Gasteiger charge is -2.24. The molecule has 0 aromatic rings. The van der Waals surface area contributed by atoms with E-state index in [1.165, 1.54) is 16.1 Å². The highest BCUT2D eigenvalue weighted by Crippen LogP contribution is 2.11. The van der Waals surface area contributed by atoms with Crippen molar-refractivity contribution in [2.75, 3.05) is 19.7 Å². The Labute approximate surface area is 81.9 Å². The van der Waals surface area contributed by atoms with Crippen molar-refractivity contribution in [2.45, 2.75) is 6.42 Å². The minimum atomic E-state index is -0.641. The Kier molecular flexibility index (Phi) is 3.33. The number of hydrogen-bond donors (Lipinski definition) is 1. The van der Waals surface area contributed by atoms with Gasteiger partial charge in [0.25, 0.3) is 0 Å². The SMILES string of the molecule is C=CCOC(=O)N1CCCN1C(N)=O. The van der Waals surface area contributed by atoms with Crippen molar-refractivity contribution < 1.29 is 14.3 Å². The van der Waals surface area contributed by atoms with Gasteiger partial charge in [-0.05, 0) is 6.42 Å². The predicted octanol–water partition coefficient (Wildman–Crippen LogP) is 0.310. The number of amides is 3. The molecule has 2 N–H and O–H groups in total. The van der Waals surface area contributed by atoms with E-state index in [0.717, 1.165) is 0 Å². The number of primary amides is 1. The molecule has 1 aliphatic heterocycles. The maximum absolute atomic E-state index is 11.3. The molecule has 78 valence electrons. The molecule has 3 amide bonds. The second-order valence-electron chi connectivity index (χ2n) is 2.80. The molecule has 1 aliphatic rings. The fourth-order valence-electron chi connectivity index (χ4n) is 1.24. The Morgan fingerprint density at radius 2 is 2.07 bits per heavy atom. The Balaban J connectivity index is 2.53. The molecule has 0 bridgehead atoms. The van der Waals surface area contributed by atoms with E-state index in [-0.39, 0.29) is 6.61 Å². The fourth-order valence-corrected chi connectivity index (χ4v) is 1.24. The van der Waals surface area contributed by atoms with Crippen LogP contribution in [-0.4, -0.2) is 41.8 Å². The molecule has 0 radical (unpaired) electrons. The van der Waals surface area contributed by atoms with E-state index in [2.05, 4.69) is 6.58 Å². The van der Waals surface area contributed by atoms with E-state index in [1.54, 1.807) is 0 Å². The molecule has 1 saturated heterocycles. The average Bonchev–Trinajstić information content (AvgIpc) is 2.62. The number of carbonyl (C=O) groups is 2. The van der Waals surface area contributed by atoms with Crippen LogP contribution in [0, 0.1) is 0 Å². The summed E-state index contributed by atoms with van der Waals surface area (Å²) in [5.41, 5.74) is 5.07. The van der Waals surface area contributed by atoms with Crippen molar-refractivity contribution in [1.29, 1.82) is 0 Å². The number of nitrogens with two attached hydrogens (primary N) is 1. The van der Waals surface area contributed by atoms with Gasteiger partial charge in [-0.15, -0.1) is 0 Å². The van der Waals surface area contributed by atoms with Gasteiger partial charge in [-0.1, -0.05) is 12.7 Å². The van der Waals surface area contributed by atoms with E-state index in [0.29, 0.717) is 19.5 Å². The van der Waals surface area contributed by atoms with Gasteiger partial charge < -0.3 is 10.5 Å². The van der Waals surface area contributed by atoms with Crippen LogP contribution in [0.1, 0.15) is 6.42 Å². The summed E-state index contributed by atoms with van der Waals surface area (Å²) in [5, 5.41) is 2.37. The van der Waals surface area contributed by atoms with Gasteiger partial charge in [0.15, 0.2) is 0 Å². The van der Waals surface area contributed by atoms with Crippen LogP contribution in [-0.2, 0) is 4.74 Å². The predicted molar refractivity (Wildman–Crippen MR) is 49.2 cm³/mol. The van der Waals surface area contributed by atoms with E-state index in [1.807, 2.05) is 0 Å². The van der Waals surface area contributed by atoms with Gasteiger partial charge in [0.05, 0.1) is 0 Å². The zero-order chi connectivity index (χ0) is 10.6. The van der Waals surface area contributed by atoms with Gasteiger partial charge >= 0.3 is 12.1 Å². The van der Waals surface area contributed by atoms with Crippen LogP contribution >= 0.6 is 0 Å². The molecule has 0 spiro atoms. The van der Waals surface area contributed by atoms with E-state index in [4.69, 9.17) is 10.5 Å². The van der Waals surface area contributed by atoms with Gasteiger partial charge in [-0.25, -0.2) is 19.6 Å². The third kappa shape index (κ3) is 2.15. The summed E-state index contributed by atoms with van der Waals surface area (Å²) in [4.78, 5) is 22.2. The normalized spacial score (nSPS) is 15.4. The van der Waals surface area contributed by atoms with Crippen molar-refractivity contribution >= 4 is 12.1 Å². The Bertz CT molecular complexity index is 254. The lowest BCUT2D eigenvalue weighted by atomic mass is 10.5. The molecule has 0 aliphatic carbocycles. The maximum Gasteiger partial charge on any atom is 0.429 e. The van der Waals surface area contributed by atoms with Gasteiger partial charge in [0, 0.05) is 13.1 Å². The molecule has 0 aromatic carbocycles. The Morgan fingerprint density at radius 1 is 1.43 bits per heavy atom. The van der Waals surface area contributed by atoms with E-state index >= 15 is 0 Å². The molecule has 1 rings (SSSR count). The quantitative estimate of drug-likeness (QED) is 0.650. The Hall–Kier alpha value is -1.72. The first-order valence-electron chi connectivity index (χ1n) is 4.29. The standard InChI is InChI=1S/C8H13N3O3/c1-2-6-14-8(13)11-5-3-4-10(11)7(9)12/h2H,1,3-6H2,(H2,9,12). The third-order valence-corrected chi connectivity index (χ3v) is 1.82. The first-order chi connectivity index (χ1) is 6.66. The summed E-state index contributed by atoms with van der Waals surface area (Å²) in [6.45, 7) is 4.45. The number of rotatable bonds is 2. The number of hydrazine groups is 1. The molecule has 6 heteroatoms. The van der Waals surface area contributed by atoms with Gasteiger partial charge in [0.2, 0.25) is 0 Å². The van der Waals surface area contributed by atoms with Crippen LogP contribution in [0.5, 0.6) is 0 Å². The fraction of sp³-hybridized carbons (Fsp3) is 0.500. The Morgan fingerprint density at radius 3 is 2.64 bits per heavy atom. The summed E-state index contributed by atoms with van der Waals surface area (Å²) in [5.74, 6) is 0. The van der Waals surface area contributed by atoms with E-state index in [9.17, 15) is 9.59 Å². The minimum absolute atomic E-state index is 0.127. The van der Waals surface area contributed by atoms with Crippen molar-refractivity contribution in [3.05, 3.63) is 12.7 Å². The van der Waals surface area contributed by atoms with Crippen molar-refractivity contribution in [2.24, 2.45) is 5.73 Å². The van der Waals surface area contributed by atoms with Crippen LogP contribution in [0.2, 0.25) is 0 Å². The average molecular weight is 199 g/mol. The van der Waals surface area contributed by atoms with Crippen LogP contribution in [0.3, 0.4) is 0 Å². The first-order valence-corrected chi connectivity index (χ1v) is 4.29. The van der Waals surface area contributed by atoms with Crippen molar-refractivity contribution in [1.82, 2.24) is 10.0 Å². The maximum atomic E-state index is 11.3. The molecule has 1 heterocycles. The summed E-state index contributed by atoms with van der Waals surface area (Å²) in [7, 11) is 0. The molecule has 0 unspecified atom stereocenters. The van der Waals surface area contributed by atoms with Gasteiger partial charge in [0.1, 0.15) is 6.61 Å². The van der Waals surface area contributed by atoms with Crippen LogP contribution in [0.4, 0.5) is 9.59 Å². The smallest absolute Gasteiger partial charge is 0.429 e. The second-order valence-corrected chi connectivity index (χ2v) is 2.80. The van der Waals surface area contributed by atoms with Crippen LogP contribution < -0.4 is 5.73 Å². The molecule has 14 heavy (non-hydrogen) atoms. The topological polar surface area (TPSA) is 75.9 Å². The first kappa shape index (κ1) is 10.4. The number of ether oxygens (including phenoxy) is 1. The molecular weight excluding hydrogens is 186 g/mol. The summed E-state index contributed by atoms with van der Waals surface area (Å²) in [6, 6.07) is -0.641. The number of nitrogens with zero attached hydrogens (tertiary/aromatic N) is 2. The molecular formula is C8H13N3O3. The summed E-state index contributed by atoms with van der Waals surface area (Å²) < 4.78 is 4.78.